The third-order valence-electron chi connectivity index (χ3n) is 4.38. The lowest BCUT2D eigenvalue weighted by Crippen LogP contribution is -2.38. The first-order chi connectivity index (χ1) is 10.8. The molecule has 1 aromatic heterocycles. The van der Waals surface area contributed by atoms with Gasteiger partial charge in [-0.05, 0) is 48.9 Å². The monoisotopic (exact) mass is 314 g/mol. The summed E-state index contributed by atoms with van der Waals surface area (Å²) in [5.41, 5.74) is 3.14. The fraction of sp³-hybridized carbons (Fsp3) is 0.353. The van der Waals surface area contributed by atoms with Gasteiger partial charge in [0.25, 0.3) is 5.91 Å². The van der Waals surface area contributed by atoms with Gasteiger partial charge in [0.15, 0.2) is 0 Å². The largest absolute Gasteiger partial charge is 0.497 e. The SMILES string of the molecule is COc1cccc(C2NC(=O)c3c(sc4c3CCCC4)N2)c1. The number of ether oxygens (including phenoxy) is 1. The van der Waals surface area contributed by atoms with Gasteiger partial charge in [-0.1, -0.05) is 12.1 Å². The highest BCUT2D eigenvalue weighted by atomic mass is 32.1. The first-order valence-corrected chi connectivity index (χ1v) is 8.44. The van der Waals surface area contributed by atoms with E-state index in [2.05, 4.69) is 10.6 Å². The second kappa shape index (κ2) is 5.32. The summed E-state index contributed by atoms with van der Waals surface area (Å²) < 4.78 is 5.27. The molecule has 0 spiro atoms. The topological polar surface area (TPSA) is 50.4 Å². The Balaban J connectivity index is 1.69. The van der Waals surface area contributed by atoms with Gasteiger partial charge in [0.1, 0.15) is 16.9 Å². The van der Waals surface area contributed by atoms with Crippen molar-refractivity contribution in [1.82, 2.24) is 5.32 Å². The third-order valence-corrected chi connectivity index (χ3v) is 5.60. The van der Waals surface area contributed by atoms with Crippen LogP contribution in [0, 0.1) is 0 Å². The van der Waals surface area contributed by atoms with Gasteiger partial charge in [-0.15, -0.1) is 11.3 Å². The molecule has 0 radical (unpaired) electrons. The summed E-state index contributed by atoms with van der Waals surface area (Å²) in [6, 6.07) is 7.80. The Kier molecular flexibility index (Phi) is 3.30. The molecule has 0 bridgehead atoms. The number of amides is 1. The number of fused-ring (bicyclic) bond motifs is 3. The maximum Gasteiger partial charge on any atom is 0.256 e. The highest BCUT2D eigenvalue weighted by Crippen LogP contribution is 2.41. The van der Waals surface area contributed by atoms with Crippen molar-refractivity contribution in [1.29, 1.82) is 0 Å². The zero-order valence-corrected chi connectivity index (χ0v) is 13.3. The lowest BCUT2D eigenvalue weighted by atomic mass is 9.94. The zero-order chi connectivity index (χ0) is 15.1. The molecule has 1 aromatic carbocycles. The number of thiophene rings is 1. The summed E-state index contributed by atoms with van der Waals surface area (Å²) in [5, 5.41) is 7.58. The molecule has 1 atom stereocenters. The fourth-order valence-corrected chi connectivity index (χ4v) is 4.58. The predicted molar refractivity (Wildman–Crippen MR) is 87.8 cm³/mol. The molecular formula is C17H18N2O2S. The molecule has 2 heterocycles. The van der Waals surface area contributed by atoms with Crippen LogP contribution in [0.15, 0.2) is 24.3 Å². The number of anilines is 1. The van der Waals surface area contributed by atoms with E-state index in [-0.39, 0.29) is 12.1 Å². The summed E-state index contributed by atoms with van der Waals surface area (Å²) in [5.74, 6) is 0.839. The van der Waals surface area contributed by atoms with Crippen molar-refractivity contribution >= 4 is 22.2 Å². The van der Waals surface area contributed by atoms with Gasteiger partial charge in [-0.2, -0.15) is 0 Å². The lowest BCUT2D eigenvalue weighted by molar-refractivity contribution is 0.0935. The van der Waals surface area contributed by atoms with Crippen molar-refractivity contribution in [2.75, 3.05) is 12.4 Å². The van der Waals surface area contributed by atoms with Crippen LogP contribution in [0.4, 0.5) is 5.00 Å². The molecular weight excluding hydrogens is 296 g/mol. The maximum absolute atomic E-state index is 12.6. The molecule has 1 unspecified atom stereocenters. The predicted octanol–water partition coefficient (Wildman–Crippen LogP) is 3.49. The second-order valence-electron chi connectivity index (χ2n) is 5.74. The Morgan fingerprint density at radius 1 is 1.23 bits per heavy atom. The van der Waals surface area contributed by atoms with Crippen LogP contribution in [-0.4, -0.2) is 13.0 Å². The van der Waals surface area contributed by atoms with Crippen LogP contribution in [-0.2, 0) is 12.8 Å². The number of hydrogen-bond acceptors (Lipinski definition) is 4. The minimum Gasteiger partial charge on any atom is -0.497 e. The van der Waals surface area contributed by atoms with Crippen LogP contribution in [0.3, 0.4) is 0 Å². The van der Waals surface area contributed by atoms with Gasteiger partial charge in [-0.3, -0.25) is 4.79 Å². The molecule has 4 rings (SSSR count). The number of carbonyl (C=O) groups excluding carboxylic acids is 1. The number of aryl methyl sites for hydroxylation is 1. The minimum atomic E-state index is -0.199. The van der Waals surface area contributed by atoms with Crippen LogP contribution in [0.2, 0.25) is 0 Å². The lowest BCUT2D eigenvalue weighted by Gasteiger charge is -2.27. The van der Waals surface area contributed by atoms with Crippen molar-refractivity contribution in [3.63, 3.8) is 0 Å². The van der Waals surface area contributed by atoms with Crippen molar-refractivity contribution in [3.05, 3.63) is 45.8 Å². The Morgan fingerprint density at radius 2 is 2.09 bits per heavy atom. The van der Waals surface area contributed by atoms with E-state index < -0.39 is 0 Å². The molecule has 1 aliphatic carbocycles. The Labute approximate surface area is 133 Å². The quantitative estimate of drug-likeness (QED) is 0.892. The molecule has 114 valence electrons. The van der Waals surface area contributed by atoms with Crippen LogP contribution < -0.4 is 15.4 Å². The third kappa shape index (κ3) is 2.16. The van der Waals surface area contributed by atoms with E-state index in [4.69, 9.17) is 4.74 Å². The van der Waals surface area contributed by atoms with Crippen LogP contribution in [0.5, 0.6) is 5.75 Å². The smallest absolute Gasteiger partial charge is 0.256 e. The molecule has 0 saturated carbocycles. The highest BCUT2D eigenvalue weighted by molar-refractivity contribution is 7.16. The molecule has 1 aliphatic heterocycles. The standard InChI is InChI=1S/C17H18N2O2S/c1-21-11-6-4-5-10(9-11)15-18-16(20)14-12-7-2-3-8-13(12)22-17(14)19-15/h4-6,9,15,19H,2-3,7-8H2,1H3,(H,18,20). The van der Waals surface area contributed by atoms with Crippen molar-refractivity contribution in [2.45, 2.75) is 31.8 Å². The van der Waals surface area contributed by atoms with Gasteiger partial charge in [0, 0.05) is 4.88 Å². The van der Waals surface area contributed by atoms with Crippen LogP contribution in [0.1, 0.15) is 45.4 Å². The number of methoxy groups -OCH3 is 1. The van der Waals surface area contributed by atoms with Crippen molar-refractivity contribution in [3.8, 4) is 5.75 Å². The highest BCUT2D eigenvalue weighted by Gasteiger charge is 2.31. The summed E-state index contributed by atoms with van der Waals surface area (Å²) in [7, 11) is 1.65. The first-order valence-electron chi connectivity index (χ1n) is 7.62. The van der Waals surface area contributed by atoms with Crippen LogP contribution in [0.25, 0.3) is 0 Å². The van der Waals surface area contributed by atoms with E-state index in [0.29, 0.717) is 0 Å². The molecule has 5 heteroatoms. The van der Waals surface area contributed by atoms with Gasteiger partial charge in [0.05, 0.1) is 12.7 Å². The normalized spacial score (nSPS) is 19.7. The van der Waals surface area contributed by atoms with E-state index >= 15 is 0 Å². The first kappa shape index (κ1) is 13.6. The molecule has 4 nitrogen and oxygen atoms in total. The summed E-state index contributed by atoms with van der Waals surface area (Å²) in [6.07, 6.45) is 4.34. The number of hydrogen-bond donors (Lipinski definition) is 2. The minimum absolute atomic E-state index is 0.0426. The Hall–Kier alpha value is -2.01. The van der Waals surface area contributed by atoms with Gasteiger partial charge < -0.3 is 15.4 Å². The van der Waals surface area contributed by atoms with Gasteiger partial charge in [-0.25, -0.2) is 0 Å². The van der Waals surface area contributed by atoms with E-state index in [1.54, 1.807) is 18.4 Å². The van der Waals surface area contributed by atoms with E-state index in [9.17, 15) is 4.79 Å². The van der Waals surface area contributed by atoms with Crippen molar-refractivity contribution < 1.29 is 9.53 Å². The van der Waals surface area contributed by atoms with Gasteiger partial charge in [0.2, 0.25) is 0 Å². The number of rotatable bonds is 2. The molecule has 0 saturated heterocycles. The zero-order valence-electron chi connectivity index (χ0n) is 12.4. The van der Waals surface area contributed by atoms with E-state index in [0.717, 1.165) is 34.7 Å². The summed E-state index contributed by atoms with van der Waals surface area (Å²) in [6.45, 7) is 0. The molecule has 2 aliphatic rings. The molecule has 2 aromatic rings. The Bertz CT molecular complexity index is 738. The van der Waals surface area contributed by atoms with Gasteiger partial charge >= 0.3 is 0 Å². The maximum atomic E-state index is 12.6. The number of carbonyl (C=O) groups is 1. The number of nitrogens with one attached hydrogen (secondary N) is 2. The van der Waals surface area contributed by atoms with Crippen LogP contribution >= 0.6 is 11.3 Å². The van der Waals surface area contributed by atoms with E-state index in [1.165, 1.54) is 23.3 Å². The molecule has 0 fully saturated rings. The van der Waals surface area contributed by atoms with Crippen molar-refractivity contribution in [2.24, 2.45) is 0 Å². The average molecular weight is 314 g/mol. The second-order valence-corrected chi connectivity index (χ2v) is 6.85. The van der Waals surface area contributed by atoms with E-state index in [1.807, 2.05) is 24.3 Å². The summed E-state index contributed by atoms with van der Waals surface area (Å²) >= 11 is 1.75. The average Bonchev–Trinajstić information content (AvgIpc) is 2.93. The molecule has 2 N–H and O–H groups in total. The molecule has 1 amide bonds. The fourth-order valence-electron chi connectivity index (χ4n) is 3.27. The Morgan fingerprint density at radius 3 is 2.95 bits per heavy atom. The number of benzene rings is 1. The summed E-state index contributed by atoms with van der Waals surface area (Å²) in [4.78, 5) is 14.0. The molecule has 22 heavy (non-hydrogen) atoms.